The number of amides is 1. The molecule has 3 aliphatic rings. The van der Waals surface area contributed by atoms with Crippen molar-refractivity contribution in [1.82, 2.24) is 19.3 Å². The summed E-state index contributed by atoms with van der Waals surface area (Å²) in [4.78, 5) is 29.0. The van der Waals surface area contributed by atoms with Gasteiger partial charge in [-0.25, -0.2) is 22.8 Å². The lowest BCUT2D eigenvalue weighted by molar-refractivity contribution is -0.121. The lowest BCUT2D eigenvalue weighted by Crippen LogP contribution is -2.48. The van der Waals surface area contributed by atoms with Crippen LogP contribution in [0.15, 0.2) is 36.5 Å². The van der Waals surface area contributed by atoms with Crippen LogP contribution in [0.5, 0.6) is 5.75 Å². The Bertz CT molecular complexity index is 1620. The maximum Gasteiger partial charge on any atom is 0.266 e. The molecule has 2 aromatic heterocycles. The fraction of sp³-hybridized carbons (Fsp3) is 0.407. The van der Waals surface area contributed by atoms with Crippen molar-refractivity contribution in [1.29, 1.82) is 0 Å². The van der Waals surface area contributed by atoms with Crippen LogP contribution < -0.4 is 25.2 Å². The number of carbonyl (C=O) groups excluding carboxylic acids is 1. The number of sulfonamides is 1. The number of benzene rings is 1. The van der Waals surface area contributed by atoms with Crippen LogP contribution in [0.2, 0.25) is 0 Å². The number of anilines is 6. The number of ether oxygens (including phenoxy) is 1. The zero-order valence-electron chi connectivity index (χ0n) is 23.0. The second kappa shape index (κ2) is 10.4. The summed E-state index contributed by atoms with van der Waals surface area (Å²) < 4.78 is 45.9. The minimum atomic E-state index is -3.20. The molecule has 12 nitrogen and oxygen atoms in total. The first-order valence-corrected chi connectivity index (χ1v) is 15.3. The number of fused-ring (bicyclic) bond motifs is 3. The van der Waals surface area contributed by atoms with Gasteiger partial charge in [0.2, 0.25) is 16.0 Å². The molecule has 0 radical (unpaired) electrons. The molecule has 1 amide bonds. The number of pyridine rings is 1. The summed E-state index contributed by atoms with van der Waals surface area (Å²) in [5, 5.41) is 6.02. The third-order valence-corrected chi connectivity index (χ3v) is 8.86. The summed E-state index contributed by atoms with van der Waals surface area (Å²) in [6.07, 6.45) is 3.91. The SMILES string of the molecule is CCCN1C(=O)COc2ccc(Nc3nc(Nc4ccc(N5CC6CC5CN6S(C)(=O)=O)c(C)c4)ncc3F)nc21. The molecule has 216 valence electrons. The van der Waals surface area contributed by atoms with Crippen LogP contribution in [0.4, 0.5) is 39.2 Å². The van der Waals surface area contributed by atoms with E-state index in [4.69, 9.17) is 4.74 Å². The topological polar surface area (TPSA) is 133 Å². The molecule has 0 spiro atoms. The summed E-state index contributed by atoms with van der Waals surface area (Å²) in [5.41, 5.74) is 2.79. The van der Waals surface area contributed by atoms with E-state index in [2.05, 4.69) is 30.5 Å². The molecule has 2 unspecified atom stereocenters. The van der Waals surface area contributed by atoms with Gasteiger partial charge in [0, 0.05) is 43.1 Å². The number of piperazine rings is 1. The lowest BCUT2D eigenvalue weighted by atomic mass is 10.1. The van der Waals surface area contributed by atoms with Gasteiger partial charge in [-0.2, -0.15) is 9.29 Å². The van der Waals surface area contributed by atoms with Gasteiger partial charge in [0.1, 0.15) is 5.82 Å². The Labute approximate surface area is 237 Å². The largest absolute Gasteiger partial charge is 0.480 e. The number of carbonyl (C=O) groups is 1. The Morgan fingerprint density at radius 3 is 2.66 bits per heavy atom. The van der Waals surface area contributed by atoms with Gasteiger partial charge in [-0.05, 0) is 55.7 Å². The van der Waals surface area contributed by atoms with Gasteiger partial charge in [-0.1, -0.05) is 6.92 Å². The molecule has 2 bridgehead atoms. The number of rotatable bonds is 8. The molecule has 0 aliphatic carbocycles. The fourth-order valence-electron chi connectivity index (χ4n) is 5.75. The standard InChI is InChI=1S/C27H31FN8O4S/c1-4-9-34-24(37)15-40-22-7-8-23(32-26(22)34)31-25-20(28)12-29-27(33-25)30-17-5-6-21(16(2)10-17)35-13-19-11-18(35)14-36(19)41(3,38)39/h5-8,10,12,18-19H,4,9,11,13-15H2,1-3H3,(H2,29,30,31,32,33). The number of hydrogen-bond acceptors (Lipinski definition) is 10. The predicted molar refractivity (Wildman–Crippen MR) is 153 cm³/mol. The van der Waals surface area contributed by atoms with Crippen LogP contribution in [0.1, 0.15) is 25.3 Å². The van der Waals surface area contributed by atoms with E-state index >= 15 is 0 Å². The monoisotopic (exact) mass is 582 g/mol. The van der Waals surface area contributed by atoms with Crippen LogP contribution in [-0.2, 0) is 14.8 Å². The van der Waals surface area contributed by atoms with E-state index in [1.165, 1.54) is 6.26 Å². The molecule has 3 aliphatic heterocycles. The van der Waals surface area contributed by atoms with Crippen molar-refractivity contribution in [2.75, 3.05) is 52.9 Å². The van der Waals surface area contributed by atoms with E-state index in [0.29, 0.717) is 37.0 Å². The average Bonchev–Trinajstić information content (AvgIpc) is 3.54. The highest BCUT2D eigenvalue weighted by molar-refractivity contribution is 7.88. The molecule has 1 aromatic carbocycles. The third kappa shape index (κ3) is 5.24. The van der Waals surface area contributed by atoms with E-state index in [-0.39, 0.29) is 36.4 Å². The van der Waals surface area contributed by atoms with E-state index in [1.54, 1.807) is 21.3 Å². The summed E-state index contributed by atoms with van der Waals surface area (Å²) in [6.45, 7) is 5.58. The van der Waals surface area contributed by atoms with Gasteiger partial charge in [-0.3, -0.25) is 9.69 Å². The maximum atomic E-state index is 14.7. The quantitative estimate of drug-likeness (QED) is 0.408. The average molecular weight is 583 g/mol. The van der Waals surface area contributed by atoms with Crippen molar-refractivity contribution < 1.29 is 22.3 Å². The predicted octanol–water partition coefficient (Wildman–Crippen LogP) is 3.16. The summed E-state index contributed by atoms with van der Waals surface area (Å²) in [5.74, 6) is 0.450. The van der Waals surface area contributed by atoms with Crippen LogP contribution in [0.25, 0.3) is 0 Å². The Morgan fingerprint density at radius 2 is 1.95 bits per heavy atom. The van der Waals surface area contributed by atoms with Crippen LogP contribution in [-0.4, -0.2) is 78.2 Å². The first kappa shape index (κ1) is 27.1. The van der Waals surface area contributed by atoms with Crippen molar-refractivity contribution in [2.24, 2.45) is 0 Å². The van der Waals surface area contributed by atoms with Crippen molar-refractivity contribution in [3.8, 4) is 5.75 Å². The second-order valence-electron chi connectivity index (χ2n) is 10.5. The Morgan fingerprint density at radius 1 is 1.12 bits per heavy atom. The third-order valence-electron chi connectivity index (χ3n) is 7.56. The molecule has 0 saturated carbocycles. The van der Waals surface area contributed by atoms with E-state index in [9.17, 15) is 17.6 Å². The fourth-order valence-corrected chi connectivity index (χ4v) is 6.89. The van der Waals surface area contributed by atoms with Gasteiger partial charge in [-0.15, -0.1) is 0 Å². The molecule has 14 heteroatoms. The highest BCUT2D eigenvalue weighted by Gasteiger charge is 2.47. The van der Waals surface area contributed by atoms with Gasteiger partial charge < -0.3 is 20.3 Å². The number of nitrogens with one attached hydrogen (secondary N) is 2. The molecule has 2 saturated heterocycles. The maximum absolute atomic E-state index is 14.7. The van der Waals surface area contributed by atoms with E-state index in [0.717, 1.165) is 36.0 Å². The molecule has 2 N–H and O–H groups in total. The number of aryl methyl sites for hydroxylation is 1. The first-order valence-electron chi connectivity index (χ1n) is 13.5. The van der Waals surface area contributed by atoms with Crippen LogP contribution >= 0.6 is 0 Å². The van der Waals surface area contributed by atoms with Crippen molar-refractivity contribution >= 4 is 50.7 Å². The molecule has 6 rings (SSSR count). The highest BCUT2D eigenvalue weighted by atomic mass is 32.2. The minimum absolute atomic E-state index is 0.00178. The van der Waals surface area contributed by atoms with Crippen LogP contribution in [0, 0.1) is 12.7 Å². The van der Waals surface area contributed by atoms with Crippen molar-refractivity contribution in [3.05, 3.63) is 47.9 Å². The van der Waals surface area contributed by atoms with Crippen molar-refractivity contribution in [3.63, 3.8) is 0 Å². The number of aromatic nitrogens is 3. The van der Waals surface area contributed by atoms with Crippen LogP contribution in [0.3, 0.4) is 0 Å². The Balaban J connectivity index is 1.17. The number of hydrogen-bond donors (Lipinski definition) is 2. The smallest absolute Gasteiger partial charge is 0.266 e. The van der Waals surface area contributed by atoms with Crippen molar-refractivity contribution in [2.45, 2.75) is 38.8 Å². The zero-order valence-corrected chi connectivity index (χ0v) is 23.8. The minimum Gasteiger partial charge on any atom is -0.480 e. The summed E-state index contributed by atoms with van der Waals surface area (Å²) in [7, 11) is -3.20. The summed E-state index contributed by atoms with van der Waals surface area (Å²) >= 11 is 0. The lowest BCUT2D eigenvalue weighted by Gasteiger charge is -2.35. The number of halogens is 1. The molecular weight excluding hydrogens is 551 g/mol. The van der Waals surface area contributed by atoms with Gasteiger partial charge in [0.25, 0.3) is 5.91 Å². The molecule has 3 aromatic rings. The highest BCUT2D eigenvalue weighted by Crippen LogP contribution is 2.38. The normalized spacial score (nSPS) is 20.2. The second-order valence-corrected chi connectivity index (χ2v) is 12.5. The zero-order chi connectivity index (χ0) is 28.9. The first-order chi connectivity index (χ1) is 19.6. The summed E-state index contributed by atoms with van der Waals surface area (Å²) in [6, 6.07) is 9.32. The molecule has 5 heterocycles. The Hall–Kier alpha value is -4.04. The number of nitrogens with zero attached hydrogens (tertiary/aromatic N) is 6. The van der Waals surface area contributed by atoms with Gasteiger partial charge in [0.05, 0.1) is 12.5 Å². The van der Waals surface area contributed by atoms with Gasteiger partial charge >= 0.3 is 0 Å². The molecular formula is C27H31FN8O4S. The molecule has 2 atom stereocenters. The molecule has 2 fully saturated rings. The Kier molecular flexibility index (Phi) is 6.90. The van der Waals surface area contributed by atoms with E-state index < -0.39 is 15.8 Å². The van der Waals surface area contributed by atoms with E-state index in [1.807, 2.05) is 32.0 Å². The van der Waals surface area contributed by atoms with Gasteiger partial charge in [0.15, 0.2) is 29.8 Å². The molecule has 41 heavy (non-hydrogen) atoms.